The fraction of sp³-hybridized carbons (Fsp3) is 0.235. The first-order valence-electron chi connectivity index (χ1n) is 8.16. The third-order valence-electron chi connectivity index (χ3n) is 3.33. The molecule has 1 heterocycles. The summed E-state index contributed by atoms with van der Waals surface area (Å²) in [5.74, 6) is -1.15. The van der Waals surface area contributed by atoms with Crippen LogP contribution in [-0.4, -0.2) is 46.7 Å². The average Bonchev–Trinajstić information content (AvgIpc) is 3.15. The van der Waals surface area contributed by atoms with E-state index in [0.29, 0.717) is 5.76 Å². The molecule has 0 saturated heterocycles. The van der Waals surface area contributed by atoms with E-state index in [4.69, 9.17) is 9.15 Å². The lowest BCUT2D eigenvalue weighted by molar-refractivity contribution is -0.139. The van der Waals surface area contributed by atoms with Crippen LogP contribution in [0.5, 0.6) is 0 Å². The molecule has 2 aromatic rings. The molecule has 0 aliphatic rings. The van der Waals surface area contributed by atoms with Crippen molar-refractivity contribution < 1.29 is 27.2 Å². The van der Waals surface area contributed by atoms with Crippen molar-refractivity contribution in [3.05, 3.63) is 54.0 Å². The van der Waals surface area contributed by atoms with Gasteiger partial charge in [-0.15, -0.1) is 0 Å². The molecule has 150 valence electrons. The molecular weight excluding hydrogens is 388 g/mol. The number of hydrazone groups is 1. The molecule has 2 rings (SSSR count). The van der Waals surface area contributed by atoms with Gasteiger partial charge in [0.15, 0.2) is 0 Å². The van der Waals surface area contributed by atoms with Gasteiger partial charge in [-0.05, 0) is 24.3 Å². The molecule has 0 fully saturated rings. The molecule has 1 aromatic carbocycles. The molecule has 28 heavy (non-hydrogen) atoms. The molecule has 0 bridgehead atoms. The molecule has 0 atom stereocenters. The van der Waals surface area contributed by atoms with Crippen molar-refractivity contribution in [3.8, 4) is 0 Å². The Balaban J connectivity index is 1.83. The van der Waals surface area contributed by atoms with Crippen LogP contribution in [0.15, 0.2) is 56.9 Å². The van der Waals surface area contributed by atoms with Crippen LogP contribution in [0.2, 0.25) is 0 Å². The second-order valence-corrected chi connectivity index (χ2v) is 7.16. The maximum Gasteiger partial charge on any atom is 0.329 e. The average molecular weight is 408 g/mol. The summed E-state index contributed by atoms with van der Waals surface area (Å²) in [4.78, 5) is 23.1. The van der Waals surface area contributed by atoms with Crippen molar-refractivity contribution in [2.45, 2.75) is 11.4 Å². The van der Waals surface area contributed by atoms with E-state index in [1.165, 1.54) is 25.5 Å². The molecule has 2 amide bonds. The smallest absolute Gasteiger partial charge is 0.329 e. The first-order valence-corrected chi connectivity index (χ1v) is 9.64. The minimum atomic E-state index is -3.65. The van der Waals surface area contributed by atoms with Gasteiger partial charge in [0.2, 0.25) is 10.0 Å². The number of rotatable bonds is 9. The minimum Gasteiger partial charge on any atom is -0.459 e. The Bertz CT molecular complexity index is 924. The number of hydrogen-bond acceptors (Lipinski definition) is 7. The highest BCUT2D eigenvalue weighted by Gasteiger charge is 2.14. The van der Waals surface area contributed by atoms with Crippen LogP contribution >= 0.6 is 0 Å². The second kappa shape index (κ2) is 10.3. The SMILES string of the molecule is COCCNC(=O)C(=O)N/N=C/c1ccc(CNS(=O)(=O)c2ccccc2)o1. The predicted octanol–water partition coefficient (Wildman–Crippen LogP) is -0.0292. The minimum absolute atomic E-state index is 0.0562. The zero-order chi connectivity index (χ0) is 20.4. The van der Waals surface area contributed by atoms with Gasteiger partial charge >= 0.3 is 11.8 Å². The molecule has 0 saturated carbocycles. The fourth-order valence-corrected chi connectivity index (χ4v) is 2.97. The normalized spacial score (nSPS) is 11.5. The van der Waals surface area contributed by atoms with Gasteiger partial charge < -0.3 is 14.5 Å². The summed E-state index contributed by atoms with van der Waals surface area (Å²) < 4.78 is 36.8. The van der Waals surface area contributed by atoms with Crippen LogP contribution < -0.4 is 15.5 Å². The zero-order valence-electron chi connectivity index (χ0n) is 15.0. The topological polar surface area (TPSA) is 139 Å². The Hall–Kier alpha value is -3.02. The Morgan fingerprint density at radius 1 is 1.14 bits per heavy atom. The van der Waals surface area contributed by atoms with Gasteiger partial charge in [-0.1, -0.05) is 18.2 Å². The number of hydrogen-bond donors (Lipinski definition) is 3. The quantitative estimate of drug-likeness (QED) is 0.230. The molecule has 0 aliphatic heterocycles. The molecule has 3 N–H and O–H groups in total. The van der Waals surface area contributed by atoms with Gasteiger partial charge in [-0.2, -0.15) is 5.10 Å². The number of nitrogens with zero attached hydrogens (tertiary/aromatic N) is 1. The maximum absolute atomic E-state index is 12.1. The predicted molar refractivity (Wildman–Crippen MR) is 99.8 cm³/mol. The summed E-state index contributed by atoms with van der Waals surface area (Å²) in [5.41, 5.74) is 2.05. The van der Waals surface area contributed by atoms with E-state index in [9.17, 15) is 18.0 Å². The van der Waals surface area contributed by atoms with Crippen LogP contribution in [0.1, 0.15) is 11.5 Å². The number of amides is 2. The van der Waals surface area contributed by atoms with Crippen molar-refractivity contribution in [2.75, 3.05) is 20.3 Å². The lowest BCUT2D eigenvalue weighted by atomic mass is 10.4. The number of nitrogens with one attached hydrogen (secondary N) is 3. The molecular formula is C17H20N4O6S. The van der Waals surface area contributed by atoms with Crippen molar-refractivity contribution in [1.82, 2.24) is 15.5 Å². The monoisotopic (exact) mass is 408 g/mol. The van der Waals surface area contributed by atoms with E-state index in [-0.39, 0.29) is 30.4 Å². The molecule has 0 radical (unpaired) electrons. The number of ether oxygens (including phenoxy) is 1. The molecule has 0 aliphatic carbocycles. The Morgan fingerprint density at radius 3 is 2.61 bits per heavy atom. The van der Waals surface area contributed by atoms with Gasteiger partial charge in [0.05, 0.1) is 24.3 Å². The van der Waals surface area contributed by atoms with Crippen molar-refractivity contribution >= 4 is 28.1 Å². The maximum atomic E-state index is 12.1. The number of benzene rings is 1. The van der Waals surface area contributed by atoms with Crippen LogP contribution in [0.4, 0.5) is 0 Å². The van der Waals surface area contributed by atoms with Crippen LogP contribution in [0.25, 0.3) is 0 Å². The number of sulfonamides is 1. The van der Waals surface area contributed by atoms with Crippen LogP contribution in [0, 0.1) is 0 Å². The summed E-state index contributed by atoms with van der Waals surface area (Å²) >= 11 is 0. The second-order valence-electron chi connectivity index (χ2n) is 5.39. The van der Waals surface area contributed by atoms with Gasteiger partial charge in [0, 0.05) is 13.7 Å². The van der Waals surface area contributed by atoms with E-state index in [1.807, 2.05) is 0 Å². The van der Waals surface area contributed by atoms with Gasteiger partial charge in [-0.3, -0.25) is 9.59 Å². The van der Waals surface area contributed by atoms with Crippen molar-refractivity contribution in [1.29, 1.82) is 0 Å². The summed E-state index contributed by atoms with van der Waals surface area (Å²) in [7, 11) is -2.18. The third-order valence-corrected chi connectivity index (χ3v) is 4.75. The third kappa shape index (κ3) is 6.61. The van der Waals surface area contributed by atoms with E-state index < -0.39 is 21.8 Å². The number of methoxy groups -OCH3 is 1. The Kier molecular flexibility index (Phi) is 7.87. The number of furan rings is 1. The van der Waals surface area contributed by atoms with E-state index in [0.717, 1.165) is 0 Å². The largest absolute Gasteiger partial charge is 0.459 e. The fourth-order valence-electron chi connectivity index (χ4n) is 1.96. The van der Waals surface area contributed by atoms with Crippen molar-refractivity contribution in [3.63, 3.8) is 0 Å². The summed E-state index contributed by atoms with van der Waals surface area (Å²) in [6.45, 7) is 0.428. The van der Waals surface area contributed by atoms with Gasteiger partial charge in [-0.25, -0.2) is 18.6 Å². The highest BCUT2D eigenvalue weighted by atomic mass is 32.2. The van der Waals surface area contributed by atoms with E-state index in [2.05, 4.69) is 20.6 Å². The molecule has 0 spiro atoms. The molecule has 11 heteroatoms. The molecule has 10 nitrogen and oxygen atoms in total. The summed E-state index contributed by atoms with van der Waals surface area (Å²) in [5, 5.41) is 5.95. The van der Waals surface area contributed by atoms with Gasteiger partial charge in [0.25, 0.3) is 0 Å². The lowest BCUT2D eigenvalue weighted by Gasteiger charge is -2.04. The highest BCUT2D eigenvalue weighted by Crippen LogP contribution is 2.10. The van der Waals surface area contributed by atoms with E-state index >= 15 is 0 Å². The van der Waals surface area contributed by atoms with E-state index in [1.54, 1.807) is 30.3 Å². The lowest BCUT2D eigenvalue weighted by Crippen LogP contribution is -2.39. The number of carbonyl (C=O) groups excluding carboxylic acids is 2. The highest BCUT2D eigenvalue weighted by molar-refractivity contribution is 7.89. The molecule has 0 unspecified atom stereocenters. The van der Waals surface area contributed by atoms with Gasteiger partial charge in [0.1, 0.15) is 11.5 Å². The Morgan fingerprint density at radius 2 is 1.89 bits per heavy atom. The number of carbonyl (C=O) groups is 2. The van der Waals surface area contributed by atoms with Crippen LogP contribution in [-0.2, 0) is 30.9 Å². The summed E-state index contributed by atoms with van der Waals surface area (Å²) in [6.07, 6.45) is 1.19. The molecule has 1 aromatic heterocycles. The first-order chi connectivity index (χ1) is 13.4. The zero-order valence-corrected chi connectivity index (χ0v) is 15.9. The van der Waals surface area contributed by atoms with Crippen LogP contribution in [0.3, 0.4) is 0 Å². The standard InChI is InChI=1S/C17H20N4O6S/c1-26-10-9-18-16(22)17(23)21-19-11-13-7-8-14(27-13)12-20-28(24,25)15-5-3-2-4-6-15/h2-8,11,20H,9-10,12H2,1H3,(H,18,22)(H,21,23)/b19-11+. The summed E-state index contributed by atoms with van der Waals surface area (Å²) in [6, 6.07) is 11.0. The van der Waals surface area contributed by atoms with Crippen molar-refractivity contribution in [2.24, 2.45) is 5.10 Å². The first kappa shape index (κ1) is 21.3. The Labute approximate surface area is 162 Å².